The fourth-order valence-corrected chi connectivity index (χ4v) is 4.58. The van der Waals surface area contributed by atoms with E-state index in [9.17, 15) is 9.59 Å². The Morgan fingerprint density at radius 3 is 2.91 bits per heavy atom. The summed E-state index contributed by atoms with van der Waals surface area (Å²) >= 11 is 1.75. The van der Waals surface area contributed by atoms with E-state index in [1.807, 2.05) is 24.0 Å². The van der Waals surface area contributed by atoms with Crippen molar-refractivity contribution in [3.63, 3.8) is 0 Å². The number of benzene rings is 1. The van der Waals surface area contributed by atoms with Crippen molar-refractivity contribution in [2.75, 3.05) is 19.7 Å². The number of carbonyl (C=O) groups excluding carboxylic acids is 2. The molecule has 1 aliphatic rings. The minimum atomic E-state index is -0.249. The molecule has 1 aromatic carbocycles. The number of pyridine rings is 1. The fourth-order valence-electron chi connectivity index (χ4n) is 3.69. The lowest BCUT2D eigenvalue weighted by atomic mass is 10.1. The quantitative estimate of drug-likeness (QED) is 0.520. The van der Waals surface area contributed by atoms with E-state index in [4.69, 9.17) is 9.47 Å². The van der Waals surface area contributed by atoms with Gasteiger partial charge in [-0.25, -0.2) is 0 Å². The van der Waals surface area contributed by atoms with Crippen molar-refractivity contribution in [3.05, 3.63) is 75.7 Å². The van der Waals surface area contributed by atoms with Crippen LogP contribution >= 0.6 is 11.3 Å². The number of nitrogens with one attached hydrogen (secondary N) is 1. The SMILES string of the molecule is CCOc1cc(C(=O)NCCC(=O)N2CCc3sccc3C2)ccc1OCc1cccnc1. The lowest BCUT2D eigenvalue weighted by Crippen LogP contribution is -2.37. The number of nitrogens with zero attached hydrogens (tertiary/aromatic N) is 2. The van der Waals surface area contributed by atoms with Gasteiger partial charge in [0.1, 0.15) is 6.61 Å². The summed E-state index contributed by atoms with van der Waals surface area (Å²) in [6.45, 7) is 4.36. The first-order valence-corrected chi connectivity index (χ1v) is 11.9. The molecule has 33 heavy (non-hydrogen) atoms. The Morgan fingerprint density at radius 2 is 2.09 bits per heavy atom. The first-order valence-electron chi connectivity index (χ1n) is 11.0. The van der Waals surface area contributed by atoms with E-state index >= 15 is 0 Å². The normalized spacial score (nSPS) is 12.7. The van der Waals surface area contributed by atoms with Gasteiger partial charge in [-0.2, -0.15) is 0 Å². The number of amides is 2. The molecule has 8 heteroatoms. The van der Waals surface area contributed by atoms with Crippen LogP contribution in [0, 0.1) is 0 Å². The van der Waals surface area contributed by atoms with E-state index in [2.05, 4.69) is 21.7 Å². The summed E-state index contributed by atoms with van der Waals surface area (Å²) in [7, 11) is 0. The van der Waals surface area contributed by atoms with E-state index < -0.39 is 0 Å². The maximum Gasteiger partial charge on any atom is 0.251 e. The number of hydrogen-bond donors (Lipinski definition) is 1. The molecule has 0 spiro atoms. The third-order valence-corrected chi connectivity index (χ3v) is 6.43. The van der Waals surface area contributed by atoms with Crippen LogP contribution in [0.15, 0.2) is 54.2 Å². The number of aromatic nitrogens is 1. The number of fused-ring (bicyclic) bond motifs is 1. The molecule has 0 fully saturated rings. The van der Waals surface area contributed by atoms with Crippen molar-refractivity contribution in [1.82, 2.24) is 15.2 Å². The van der Waals surface area contributed by atoms with Gasteiger partial charge < -0.3 is 19.7 Å². The minimum absolute atomic E-state index is 0.0568. The number of ether oxygens (including phenoxy) is 2. The van der Waals surface area contributed by atoms with Crippen molar-refractivity contribution < 1.29 is 19.1 Å². The van der Waals surface area contributed by atoms with Crippen LogP contribution in [-0.2, 0) is 24.4 Å². The van der Waals surface area contributed by atoms with Gasteiger partial charge in [0.2, 0.25) is 5.91 Å². The smallest absolute Gasteiger partial charge is 0.251 e. The van der Waals surface area contributed by atoms with Gasteiger partial charge in [0.05, 0.1) is 6.61 Å². The Kier molecular flexibility index (Phi) is 7.57. The van der Waals surface area contributed by atoms with E-state index in [1.165, 1.54) is 10.4 Å². The summed E-state index contributed by atoms with van der Waals surface area (Å²) < 4.78 is 11.5. The van der Waals surface area contributed by atoms with Crippen LogP contribution in [-0.4, -0.2) is 41.4 Å². The maximum absolute atomic E-state index is 12.6. The van der Waals surface area contributed by atoms with Gasteiger partial charge in [-0.3, -0.25) is 14.6 Å². The van der Waals surface area contributed by atoms with Crippen molar-refractivity contribution in [1.29, 1.82) is 0 Å². The molecular formula is C25H27N3O4S. The van der Waals surface area contributed by atoms with Crippen molar-refractivity contribution in [2.45, 2.75) is 32.9 Å². The lowest BCUT2D eigenvalue weighted by molar-refractivity contribution is -0.131. The van der Waals surface area contributed by atoms with Gasteiger partial charge in [-0.05, 0) is 54.6 Å². The van der Waals surface area contributed by atoms with E-state index in [0.717, 1.165) is 18.5 Å². The fraction of sp³-hybridized carbons (Fsp3) is 0.320. The molecule has 0 aliphatic carbocycles. The van der Waals surface area contributed by atoms with Gasteiger partial charge in [0, 0.05) is 54.5 Å². The molecule has 0 radical (unpaired) electrons. The molecule has 0 saturated heterocycles. The van der Waals surface area contributed by atoms with Gasteiger partial charge in [-0.15, -0.1) is 11.3 Å². The zero-order valence-electron chi connectivity index (χ0n) is 18.6. The molecule has 0 saturated carbocycles. The maximum atomic E-state index is 12.6. The highest BCUT2D eigenvalue weighted by Gasteiger charge is 2.21. The van der Waals surface area contributed by atoms with Gasteiger partial charge in [0.15, 0.2) is 11.5 Å². The topological polar surface area (TPSA) is 80.8 Å². The molecular weight excluding hydrogens is 438 g/mol. The summed E-state index contributed by atoms with van der Waals surface area (Å²) in [5.41, 5.74) is 2.63. The summed E-state index contributed by atoms with van der Waals surface area (Å²) in [6, 6.07) is 11.0. The highest BCUT2D eigenvalue weighted by molar-refractivity contribution is 7.10. The average Bonchev–Trinajstić information content (AvgIpc) is 3.32. The molecule has 3 aromatic rings. The summed E-state index contributed by atoms with van der Waals surface area (Å²) in [5, 5.41) is 4.91. The Bertz CT molecular complexity index is 1100. The number of thiophene rings is 1. The minimum Gasteiger partial charge on any atom is -0.490 e. The van der Waals surface area contributed by atoms with Crippen molar-refractivity contribution in [3.8, 4) is 11.5 Å². The molecule has 2 aromatic heterocycles. The second-order valence-electron chi connectivity index (χ2n) is 7.68. The van der Waals surface area contributed by atoms with Crippen LogP contribution in [0.2, 0.25) is 0 Å². The first kappa shape index (κ1) is 22.8. The monoisotopic (exact) mass is 465 g/mol. The molecule has 172 valence electrons. The highest BCUT2D eigenvalue weighted by atomic mass is 32.1. The van der Waals surface area contributed by atoms with Crippen LogP contribution in [0.3, 0.4) is 0 Å². The molecule has 3 heterocycles. The Balaban J connectivity index is 1.30. The molecule has 0 bridgehead atoms. The first-order chi connectivity index (χ1) is 16.1. The Hall–Kier alpha value is -3.39. The van der Waals surface area contributed by atoms with E-state index in [1.54, 1.807) is 41.9 Å². The average molecular weight is 466 g/mol. The van der Waals surface area contributed by atoms with Crippen LogP contribution in [0.4, 0.5) is 0 Å². The van der Waals surface area contributed by atoms with Gasteiger partial charge in [-0.1, -0.05) is 6.07 Å². The van der Waals surface area contributed by atoms with E-state index in [-0.39, 0.29) is 24.8 Å². The Morgan fingerprint density at radius 1 is 1.18 bits per heavy atom. The summed E-state index contributed by atoms with van der Waals surface area (Å²) in [4.78, 5) is 32.5. The summed E-state index contributed by atoms with van der Waals surface area (Å²) in [6.07, 6.45) is 4.63. The summed E-state index contributed by atoms with van der Waals surface area (Å²) in [5.74, 6) is 0.873. The number of carbonyl (C=O) groups is 2. The second kappa shape index (κ2) is 11.0. The zero-order valence-corrected chi connectivity index (χ0v) is 19.4. The molecule has 1 aliphatic heterocycles. The van der Waals surface area contributed by atoms with Crippen LogP contribution < -0.4 is 14.8 Å². The largest absolute Gasteiger partial charge is 0.490 e. The lowest BCUT2D eigenvalue weighted by Gasteiger charge is -2.27. The predicted octanol–water partition coefficient (Wildman–Crippen LogP) is 3.83. The van der Waals surface area contributed by atoms with Crippen LogP contribution in [0.25, 0.3) is 0 Å². The number of hydrogen-bond acceptors (Lipinski definition) is 6. The van der Waals surface area contributed by atoms with Crippen molar-refractivity contribution >= 4 is 23.2 Å². The molecule has 0 unspecified atom stereocenters. The van der Waals surface area contributed by atoms with Gasteiger partial charge in [0.25, 0.3) is 5.91 Å². The molecule has 7 nitrogen and oxygen atoms in total. The third-order valence-electron chi connectivity index (χ3n) is 5.41. The van der Waals surface area contributed by atoms with E-state index in [0.29, 0.717) is 36.8 Å². The molecule has 2 amide bonds. The zero-order chi connectivity index (χ0) is 23.0. The Labute approximate surface area is 197 Å². The van der Waals surface area contributed by atoms with Gasteiger partial charge >= 0.3 is 0 Å². The molecule has 0 atom stereocenters. The van der Waals surface area contributed by atoms with Crippen molar-refractivity contribution in [2.24, 2.45) is 0 Å². The molecule has 4 rings (SSSR count). The second-order valence-corrected chi connectivity index (χ2v) is 8.69. The predicted molar refractivity (Wildman–Crippen MR) is 127 cm³/mol. The molecule has 1 N–H and O–H groups in total. The van der Waals surface area contributed by atoms with Crippen LogP contribution in [0.1, 0.15) is 39.7 Å². The third kappa shape index (κ3) is 5.90. The standard InChI is InChI=1S/C25H27N3O4S/c1-2-31-22-14-19(5-6-21(22)32-17-18-4-3-10-26-15-18)25(30)27-11-7-24(29)28-12-8-23-20(16-28)9-13-33-23/h3-6,9-10,13-15H,2,7-8,11-12,16-17H2,1H3,(H,27,30). The number of rotatable bonds is 9. The highest BCUT2D eigenvalue weighted by Crippen LogP contribution is 2.29. The van der Waals surface area contributed by atoms with Crippen LogP contribution in [0.5, 0.6) is 11.5 Å².